The molecule has 0 atom stereocenters. The van der Waals surface area contributed by atoms with Crippen molar-refractivity contribution < 1.29 is 9.90 Å². The molecule has 2 rings (SSSR count). The van der Waals surface area contributed by atoms with E-state index in [4.69, 9.17) is 16.7 Å². The van der Waals surface area contributed by atoms with Crippen molar-refractivity contribution in [3.8, 4) is 0 Å². The number of nitrogens with zero attached hydrogens (tertiary/aromatic N) is 1. The maximum absolute atomic E-state index is 12.1. The minimum atomic E-state index is -0.321. The Morgan fingerprint density at radius 1 is 1.35 bits per heavy atom. The van der Waals surface area contributed by atoms with Gasteiger partial charge in [0.05, 0.1) is 5.56 Å². The van der Waals surface area contributed by atoms with E-state index in [0.717, 1.165) is 5.56 Å². The van der Waals surface area contributed by atoms with Crippen molar-refractivity contribution in [3.63, 3.8) is 0 Å². The van der Waals surface area contributed by atoms with Crippen LogP contribution in [-0.4, -0.2) is 22.6 Å². The van der Waals surface area contributed by atoms with Gasteiger partial charge in [0.25, 0.3) is 5.91 Å². The lowest BCUT2D eigenvalue weighted by molar-refractivity contribution is 0.102. The van der Waals surface area contributed by atoms with Gasteiger partial charge < -0.3 is 10.4 Å². The largest absolute Gasteiger partial charge is 0.396 e. The summed E-state index contributed by atoms with van der Waals surface area (Å²) in [6.07, 6.45) is 2.12. The maximum Gasteiger partial charge on any atom is 0.258 e. The van der Waals surface area contributed by atoms with E-state index in [0.29, 0.717) is 22.1 Å². The van der Waals surface area contributed by atoms with Gasteiger partial charge in [-0.1, -0.05) is 23.7 Å². The van der Waals surface area contributed by atoms with Crippen molar-refractivity contribution in [2.45, 2.75) is 6.42 Å². The first-order chi connectivity index (χ1) is 9.60. The van der Waals surface area contributed by atoms with Crippen LogP contribution in [0.1, 0.15) is 15.9 Å². The van der Waals surface area contributed by atoms with Crippen LogP contribution in [-0.2, 0) is 6.42 Å². The highest BCUT2D eigenvalue weighted by Gasteiger charge is 2.12. The molecule has 6 heteroatoms. The number of amides is 1. The summed E-state index contributed by atoms with van der Waals surface area (Å²) in [6, 6.07) is 8.88. The van der Waals surface area contributed by atoms with Crippen molar-refractivity contribution in [1.82, 2.24) is 4.98 Å². The molecule has 0 aliphatic carbocycles. The second kappa shape index (κ2) is 6.83. The fourth-order valence-electron chi connectivity index (χ4n) is 1.66. The minimum absolute atomic E-state index is 0.102. The smallest absolute Gasteiger partial charge is 0.258 e. The fourth-order valence-corrected chi connectivity index (χ4v) is 2.18. The molecule has 0 bridgehead atoms. The molecule has 4 nitrogen and oxygen atoms in total. The molecule has 0 saturated heterocycles. The summed E-state index contributed by atoms with van der Waals surface area (Å²) in [6.45, 7) is 0.102. The summed E-state index contributed by atoms with van der Waals surface area (Å²) in [5.74, 6) is -0.321. The molecule has 0 spiro atoms. The zero-order chi connectivity index (χ0) is 14.5. The van der Waals surface area contributed by atoms with Crippen LogP contribution < -0.4 is 5.32 Å². The molecule has 0 aliphatic heterocycles. The van der Waals surface area contributed by atoms with Gasteiger partial charge in [-0.15, -0.1) is 0 Å². The Hall–Kier alpha value is -1.43. The number of carbonyl (C=O) groups excluding carboxylic acids is 1. The quantitative estimate of drug-likeness (QED) is 0.827. The van der Waals surface area contributed by atoms with Gasteiger partial charge in [-0.2, -0.15) is 0 Å². The number of pyridine rings is 1. The summed E-state index contributed by atoms with van der Waals surface area (Å²) in [5, 5.41) is 11.7. The Balaban J connectivity index is 2.13. The highest BCUT2D eigenvalue weighted by atomic mass is 79.9. The number of rotatable bonds is 4. The Labute approximate surface area is 129 Å². The number of hydrogen-bond acceptors (Lipinski definition) is 3. The van der Waals surface area contributed by atoms with E-state index >= 15 is 0 Å². The third kappa shape index (κ3) is 3.79. The van der Waals surface area contributed by atoms with E-state index in [1.165, 1.54) is 6.20 Å². The molecule has 2 N–H and O–H groups in total. The first-order valence-corrected chi connectivity index (χ1v) is 7.09. The Bertz CT molecular complexity index is 617. The highest BCUT2D eigenvalue weighted by molar-refractivity contribution is 9.10. The van der Waals surface area contributed by atoms with Crippen LogP contribution in [0.15, 0.2) is 41.0 Å². The van der Waals surface area contributed by atoms with Gasteiger partial charge >= 0.3 is 0 Å². The zero-order valence-corrected chi connectivity index (χ0v) is 12.8. The lowest BCUT2D eigenvalue weighted by Crippen LogP contribution is -2.13. The van der Waals surface area contributed by atoms with Crippen LogP contribution >= 0.6 is 27.5 Å². The lowest BCUT2D eigenvalue weighted by atomic mass is 10.1. The third-order valence-corrected chi connectivity index (χ3v) is 3.40. The molecule has 104 valence electrons. The molecule has 0 radical (unpaired) electrons. The van der Waals surface area contributed by atoms with Gasteiger partial charge in [-0.25, -0.2) is 4.98 Å². The Morgan fingerprint density at radius 3 is 2.70 bits per heavy atom. The highest BCUT2D eigenvalue weighted by Crippen LogP contribution is 2.19. The average Bonchev–Trinajstić information content (AvgIpc) is 2.44. The standard InChI is InChI=1S/C14H12BrClN2O2/c15-10-7-12(13(16)17-8-10)14(20)18-11-3-1-9(2-4-11)5-6-19/h1-4,7-8,19H,5-6H2,(H,18,20). The predicted octanol–water partition coefficient (Wildman–Crippen LogP) is 3.28. The van der Waals surface area contributed by atoms with Crippen molar-refractivity contribution in [1.29, 1.82) is 0 Å². The summed E-state index contributed by atoms with van der Waals surface area (Å²) in [7, 11) is 0. The summed E-state index contributed by atoms with van der Waals surface area (Å²) in [5.41, 5.74) is 1.97. The first-order valence-electron chi connectivity index (χ1n) is 5.92. The Morgan fingerprint density at radius 2 is 2.05 bits per heavy atom. The van der Waals surface area contributed by atoms with E-state index in [-0.39, 0.29) is 17.7 Å². The number of carbonyl (C=O) groups is 1. The fraction of sp³-hybridized carbons (Fsp3) is 0.143. The van der Waals surface area contributed by atoms with Gasteiger partial charge in [0.15, 0.2) is 0 Å². The van der Waals surface area contributed by atoms with Crippen LogP contribution in [0.2, 0.25) is 5.15 Å². The number of aromatic nitrogens is 1. The number of aliphatic hydroxyl groups is 1. The molecular formula is C14H12BrClN2O2. The average molecular weight is 356 g/mol. The molecule has 2 aromatic rings. The molecule has 0 aliphatic rings. The second-order valence-electron chi connectivity index (χ2n) is 4.12. The summed E-state index contributed by atoms with van der Waals surface area (Å²) < 4.78 is 0.686. The van der Waals surface area contributed by atoms with Crippen LogP contribution in [0.25, 0.3) is 0 Å². The van der Waals surface area contributed by atoms with Gasteiger partial charge in [0, 0.05) is 23.0 Å². The van der Waals surface area contributed by atoms with Crippen molar-refractivity contribution in [3.05, 3.63) is 57.3 Å². The summed E-state index contributed by atoms with van der Waals surface area (Å²) in [4.78, 5) is 16.0. The zero-order valence-electron chi connectivity index (χ0n) is 10.4. The van der Waals surface area contributed by atoms with Gasteiger partial charge in [0.1, 0.15) is 5.15 Å². The molecule has 0 unspecified atom stereocenters. The number of aliphatic hydroxyl groups excluding tert-OH is 1. The van der Waals surface area contributed by atoms with E-state index in [1.54, 1.807) is 18.2 Å². The van der Waals surface area contributed by atoms with Crippen molar-refractivity contribution >= 4 is 39.1 Å². The molecule has 0 fully saturated rings. The molecule has 1 aromatic carbocycles. The monoisotopic (exact) mass is 354 g/mol. The molecular weight excluding hydrogens is 344 g/mol. The van der Waals surface area contributed by atoms with Crippen LogP contribution in [0, 0.1) is 0 Å². The van der Waals surface area contributed by atoms with E-state index in [2.05, 4.69) is 26.2 Å². The lowest BCUT2D eigenvalue weighted by Gasteiger charge is -2.07. The SMILES string of the molecule is O=C(Nc1ccc(CCO)cc1)c1cc(Br)cnc1Cl. The van der Waals surface area contributed by atoms with Crippen LogP contribution in [0.5, 0.6) is 0 Å². The second-order valence-corrected chi connectivity index (χ2v) is 5.39. The number of halogens is 2. The normalized spacial score (nSPS) is 10.3. The van der Waals surface area contributed by atoms with Gasteiger partial charge in [-0.05, 0) is 46.1 Å². The number of benzene rings is 1. The van der Waals surface area contributed by atoms with Gasteiger partial charge in [0.2, 0.25) is 0 Å². The van der Waals surface area contributed by atoms with E-state index < -0.39 is 0 Å². The predicted molar refractivity (Wildman–Crippen MR) is 82.1 cm³/mol. The number of anilines is 1. The van der Waals surface area contributed by atoms with E-state index in [1.807, 2.05) is 12.1 Å². The Kier molecular flexibility index (Phi) is 5.11. The number of hydrogen-bond donors (Lipinski definition) is 2. The molecule has 1 aromatic heterocycles. The van der Waals surface area contributed by atoms with Crippen LogP contribution in [0.4, 0.5) is 5.69 Å². The van der Waals surface area contributed by atoms with Gasteiger partial charge in [-0.3, -0.25) is 4.79 Å². The van der Waals surface area contributed by atoms with Crippen molar-refractivity contribution in [2.24, 2.45) is 0 Å². The summed E-state index contributed by atoms with van der Waals surface area (Å²) >= 11 is 9.16. The van der Waals surface area contributed by atoms with E-state index in [9.17, 15) is 4.79 Å². The topological polar surface area (TPSA) is 62.2 Å². The molecule has 1 heterocycles. The third-order valence-electron chi connectivity index (χ3n) is 2.66. The van der Waals surface area contributed by atoms with Crippen molar-refractivity contribution in [2.75, 3.05) is 11.9 Å². The molecule has 1 amide bonds. The maximum atomic E-state index is 12.1. The molecule has 0 saturated carbocycles. The minimum Gasteiger partial charge on any atom is -0.396 e. The van der Waals surface area contributed by atoms with Crippen LogP contribution in [0.3, 0.4) is 0 Å². The first kappa shape index (κ1) is 15.0. The molecule has 20 heavy (non-hydrogen) atoms. The number of nitrogens with one attached hydrogen (secondary N) is 1.